The average molecular weight is 402 g/mol. The van der Waals surface area contributed by atoms with Crippen molar-refractivity contribution in [3.8, 4) is 5.75 Å². The third-order valence-electron chi connectivity index (χ3n) is 7.48. The molecule has 0 amide bonds. The number of benzene rings is 2. The van der Waals surface area contributed by atoms with E-state index in [1.54, 1.807) is 30.3 Å². The maximum Gasteiger partial charge on any atom is 0.335 e. The molecule has 4 fully saturated rings. The van der Waals surface area contributed by atoms with Crippen LogP contribution in [-0.2, 0) is 5.41 Å². The maximum atomic E-state index is 12.8. The van der Waals surface area contributed by atoms with Crippen LogP contribution in [0.1, 0.15) is 70.4 Å². The minimum atomic E-state index is -0.970. The number of aromatic carboxylic acids is 1. The fourth-order valence-corrected chi connectivity index (χ4v) is 6.56. The van der Waals surface area contributed by atoms with Crippen molar-refractivity contribution in [2.45, 2.75) is 43.9 Å². The van der Waals surface area contributed by atoms with Gasteiger partial charge in [0.15, 0.2) is 5.78 Å². The molecule has 4 bridgehead atoms. The fraction of sp³-hybridized carbons (Fsp3) is 0.385. The number of phenols is 1. The van der Waals surface area contributed by atoms with Gasteiger partial charge in [0.25, 0.3) is 0 Å². The van der Waals surface area contributed by atoms with Crippen LogP contribution in [0.3, 0.4) is 0 Å². The summed E-state index contributed by atoms with van der Waals surface area (Å²) in [6.07, 6.45) is 10.6. The molecule has 0 aromatic heterocycles. The predicted molar refractivity (Wildman–Crippen MR) is 115 cm³/mol. The van der Waals surface area contributed by atoms with Gasteiger partial charge in [0.2, 0.25) is 0 Å². The van der Waals surface area contributed by atoms with E-state index in [1.807, 2.05) is 6.07 Å². The third-order valence-corrected chi connectivity index (χ3v) is 7.48. The Kier molecular flexibility index (Phi) is 4.53. The summed E-state index contributed by atoms with van der Waals surface area (Å²) in [4.78, 5) is 23.8. The van der Waals surface area contributed by atoms with E-state index >= 15 is 0 Å². The van der Waals surface area contributed by atoms with Crippen LogP contribution in [0.2, 0.25) is 0 Å². The number of ketones is 1. The normalized spacial score (nSPS) is 29.4. The topological polar surface area (TPSA) is 74.6 Å². The van der Waals surface area contributed by atoms with E-state index < -0.39 is 5.97 Å². The Morgan fingerprint density at radius 1 is 0.867 bits per heavy atom. The maximum absolute atomic E-state index is 12.8. The summed E-state index contributed by atoms with van der Waals surface area (Å²) in [5, 5.41) is 19.7. The summed E-state index contributed by atoms with van der Waals surface area (Å²) in [6, 6.07) is 11.7. The second-order valence-electron chi connectivity index (χ2n) is 9.55. The number of carbonyl (C=O) groups excluding carboxylic acids is 1. The lowest BCUT2D eigenvalue weighted by Crippen LogP contribution is -2.48. The zero-order valence-corrected chi connectivity index (χ0v) is 16.9. The Hall–Kier alpha value is -2.88. The molecule has 4 aliphatic rings. The zero-order chi connectivity index (χ0) is 20.9. The molecule has 2 aromatic carbocycles. The lowest BCUT2D eigenvalue weighted by Gasteiger charge is -2.57. The second-order valence-corrected chi connectivity index (χ2v) is 9.55. The molecule has 4 aliphatic carbocycles. The van der Waals surface area contributed by atoms with E-state index in [0.717, 1.165) is 48.1 Å². The largest absolute Gasteiger partial charge is 0.508 e. The Labute approximate surface area is 176 Å². The van der Waals surface area contributed by atoms with E-state index in [0.29, 0.717) is 11.3 Å². The average Bonchev–Trinajstić information content (AvgIpc) is 2.71. The third kappa shape index (κ3) is 3.34. The summed E-state index contributed by atoms with van der Waals surface area (Å²) in [7, 11) is 0. The van der Waals surface area contributed by atoms with Crippen molar-refractivity contribution in [2.24, 2.45) is 17.8 Å². The van der Waals surface area contributed by atoms with Crippen LogP contribution in [-0.4, -0.2) is 22.0 Å². The van der Waals surface area contributed by atoms with Gasteiger partial charge in [-0.15, -0.1) is 0 Å². The number of hydrogen-bond acceptors (Lipinski definition) is 3. The zero-order valence-electron chi connectivity index (χ0n) is 16.9. The van der Waals surface area contributed by atoms with Crippen molar-refractivity contribution in [1.29, 1.82) is 0 Å². The molecule has 0 heterocycles. The molecule has 0 aliphatic heterocycles. The Balaban J connectivity index is 1.39. The van der Waals surface area contributed by atoms with Crippen molar-refractivity contribution in [1.82, 2.24) is 0 Å². The van der Waals surface area contributed by atoms with Crippen LogP contribution in [0, 0.1) is 17.8 Å². The number of aromatic hydroxyl groups is 1. The first-order chi connectivity index (χ1) is 14.4. The quantitative estimate of drug-likeness (QED) is 0.515. The smallest absolute Gasteiger partial charge is 0.335 e. The first kappa shape index (κ1) is 19.1. The van der Waals surface area contributed by atoms with E-state index in [1.165, 1.54) is 37.5 Å². The van der Waals surface area contributed by atoms with Crippen molar-refractivity contribution in [3.05, 3.63) is 70.8 Å². The minimum Gasteiger partial charge on any atom is -0.508 e. The highest BCUT2D eigenvalue weighted by Crippen LogP contribution is 2.61. The van der Waals surface area contributed by atoms with Crippen LogP contribution in [0.5, 0.6) is 5.75 Å². The van der Waals surface area contributed by atoms with Crippen molar-refractivity contribution >= 4 is 17.8 Å². The molecule has 154 valence electrons. The molecule has 0 spiro atoms. The number of hydrogen-bond donors (Lipinski definition) is 2. The first-order valence-corrected chi connectivity index (χ1v) is 10.8. The SMILES string of the molecule is O=C(O)c1ccc(C=CC(=O)c2ccc(O)c(C34CC5CC(CC(C5)C3)C4)c2)cc1. The van der Waals surface area contributed by atoms with E-state index in [2.05, 4.69) is 0 Å². The molecule has 0 saturated heterocycles. The van der Waals surface area contributed by atoms with Gasteiger partial charge >= 0.3 is 5.97 Å². The number of carboxylic acids is 1. The highest BCUT2D eigenvalue weighted by molar-refractivity contribution is 6.07. The molecule has 0 radical (unpaired) electrons. The Bertz CT molecular complexity index is 996. The van der Waals surface area contributed by atoms with Gasteiger partial charge in [0, 0.05) is 11.1 Å². The minimum absolute atomic E-state index is 0.0332. The van der Waals surface area contributed by atoms with Gasteiger partial charge in [-0.25, -0.2) is 4.79 Å². The van der Waals surface area contributed by atoms with Crippen molar-refractivity contribution in [3.63, 3.8) is 0 Å². The van der Waals surface area contributed by atoms with Crippen LogP contribution in [0.4, 0.5) is 0 Å². The van der Waals surface area contributed by atoms with E-state index in [4.69, 9.17) is 5.11 Å². The summed E-state index contributed by atoms with van der Waals surface area (Å²) < 4.78 is 0. The lowest BCUT2D eigenvalue weighted by molar-refractivity contribution is -0.00614. The Morgan fingerprint density at radius 3 is 2.00 bits per heavy atom. The first-order valence-electron chi connectivity index (χ1n) is 10.8. The fourth-order valence-electron chi connectivity index (χ4n) is 6.56. The number of allylic oxidation sites excluding steroid dienone is 1. The molecular weight excluding hydrogens is 376 g/mol. The van der Waals surface area contributed by atoms with Gasteiger partial charge in [0.1, 0.15) is 5.75 Å². The molecular formula is C26H26O4. The standard InChI is InChI=1S/C26H26O4/c27-23(7-3-16-1-4-20(5-2-16)25(29)30)21-6-8-24(28)22(12-21)26-13-17-9-18(14-26)11-19(10-17)15-26/h1-8,12,17-19,28H,9-11,13-15H2,(H,29,30). The summed E-state index contributed by atoms with van der Waals surface area (Å²) in [6.45, 7) is 0. The van der Waals surface area contributed by atoms with Gasteiger partial charge in [-0.05, 0) is 104 Å². The number of rotatable bonds is 5. The van der Waals surface area contributed by atoms with Gasteiger partial charge in [-0.3, -0.25) is 4.79 Å². The molecule has 4 nitrogen and oxygen atoms in total. The molecule has 30 heavy (non-hydrogen) atoms. The molecule has 4 saturated carbocycles. The molecule has 4 heteroatoms. The summed E-state index contributed by atoms with van der Waals surface area (Å²) in [5.74, 6) is 1.55. The molecule has 0 atom stereocenters. The number of phenolic OH excluding ortho intramolecular Hbond substituents is 1. The van der Waals surface area contributed by atoms with E-state index in [-0.39, 0.29) is 16.8 Å². The highest BCUT2D eigenvalue weighted by atomic mass is 16.4. The highest BCUT2D eigenvalue weighted by Gasteiger charge is 2.52. The van der Waals surface area contributed by atoms with Gasteiger partial charge in [0.05, 0.1) is 5.56 Å². The molecule has 2 aromatic rings. The van der Waals surface area contributed by atoms with Crippen molar-refractivity contribution < 1.29 is 19.8 Å². The summed E-state index contributed by atoms with van der Waals surface area (Å²) >= 11 is 0. The Morgan fingerprint density at radius 2 is 1.43 bits per heavy atom. The van der Waals surface area contributed by atoms with Crippen LogP contribution < -0.4 is 0 Å². The number of carboxylic acid groups (broad SMARTS) is 1. The van der Waals surface area contributed by atoms with Gasteiger partial charge in [-0.1, -0.05) is 18.2 Å². The monoisotopic (exact) mass is 402 g/mol. The second kappa shape index (κ2) is 7.12. The lowest BCUT2D eigenvalue weighted by atomic mass is 9.48. The van der Waals surface area contributed by atoms with Gasteiger partial charge in [-0.2, -0.15) is 0 Å². The van der Waals surface area contributed by atoms with E-state index in [9.17, 15) is 14.7 Å². The van der Waals surface area contributed by atoms with Gasteiger partial charge < -0.3 is 10.2 Å². The summed E-state index contributed by atoms with van der Waals surface area (Å²) in [5.41, 5.74) is 2.58. The molecule has 2 N–H and O–H groups in total. The van der Waals surface area contributed by atoms with Crippen LogP contribution in [0.25, 0.3) is 6.08 Å². The van der Waals surface area contributed by atoms with Crippen LogP contribution >= 0.6 is 0 Å². The molecule has 6 rings (SSSR count). The van der Waals surface area contributed by atoms with Crippen molar-refractivity contribution in [2.75, 3.05) is 0 Å². The predicted octanol–water partition coefficient (Wildman–Crippen LogP) is 5.45. The number of carbonyl (C=O) groups is 2. The van der Waals surface area contributed by atoms with Crippen LogP contribution in [0.15, 0.2) is 48.5 Å². The molecule has 0 unspecified atom stereocenters.